The third kappa shape index (κ3) is 24.1. The van der Waals surface area contributed by atoms with Gasteiger partial charge in [0.2, 0.25) is 47.3 Å². The Morgan fingerprint density at radius 1 is 0.495 bits per heavy atom. The summed E-state index contributed by atoms with van der Waals surface area (Å²) in [7, 11) is 1.44. The molecule has 5 rings (SSSR count). The van der Waals surface area contributed by atoms with Gasteiger partial charge in [-0.05, 0) is 85.5 Å². The first kappa shape index (κ1) is 72.3. The number of nitrogens with zero attached hydrogens (tertiary/aromatic N) is 3. The third-order valence-corrected chi connectivity index (χ3v) is 15.4. The van der Waals surface area contributed by atoms with Crippen LogP contribution in [-0.2, 0) is 68.8 Å². The molecular weight excluding hydrogens is 1160 g/mol. The van der Waals surface area contributed by atoms with Crippen LogP contribution in [0.15, 0.2) is 131 Å². The lowest BCUT2D eigenvalue weighted by atomic mass is 9.86. The quantitative estimate of drug-likeness (QED) is 0.0212. The van der Waals surface area contributed by atoms with Crippen molar-refractivity contribution in [3.63, 3.8) is 0 Å². The molecule has 26 heteroatoms. The lowest BCUT2D eigenvalue weighted by molar-refractivity contribution is -0.152. The number of nitrogens with two attached hydrogens (primary N) is 5. The highest BCUT2D eigenvalue weighted by Gasteiger charge is 2.46. The largest absolute Gasteiger partial charge is 0.480 e. The Kier molecular flexibility index (Phi) is 28.8. The lowest BCUT2D eigenvalue weighted by Crippen LogP contribution is -2.65. The zero-order chi connectivity index (χ0) is 66.6. The smallest absolute Gasteiger partial charge is 0.329 e. The van der Waals surface area contributed by atoms with Crippen LogP contribution in [0.5, 0.6) is 0 Å². The normalized spacial score (nSPS) is 15.6. The molecule has 1 heterocycles. The minimum Gasteiger partial charge on any atom is -0.480 e. The Morgan fingerprint density at radius 3 is 1.23 bits per heavy atom. The first-order valence-corrected chi connectivity index (χ1v) is 30.7. The fourth-order valence-corrected chi connectivity index (χ4v) is 10.4. The summed E-state index contributed by atoms with van der Waals surface area (Å²) in [5.74, 6) is -7.64. The number of aliphatic imine (C=N–C) groups is 2. The van der Waals surface area contributed by atoms with Crippen molar-refractivity contribution in [3.05, 3.63) is 144 Å². The fourth-order valence-electron chi connectivity index (χ4n) is 10.4. The van der Waals surface area contributed by atoms with Crippen LogP contribution >= 0.6 is 0 Å². The molecule has 4 aromatic carbocycles. The Morgan fingerprint density at radius 2 is 0.857 bits per heavy atom. The molecular formula is C65H92N16O10. The van der Waals surface area contributed by atoms with Crippen LogP contribution in [0.2, 0.25) is 0 Å². The van der Waals surface area contributed by atoms with E-state index in [0.717, 1.165) is 16.7 Å². The van der Waals surface area contributed by atoms with Crippen molar-refractivity contribution >= 4 is 65.1 Å². The number of likely N-dealkylation sites (tertiary alicyclic amines) is 1. The molecule has 8 amide bonds. The summed E-state index contributed by atoms with van der Waals surface area (Å²) in [4.78, 5) is 137. The predicted molar refractivity (Wildman–Crippen MR) is 347 cm³/mol. The van der Waals surface area contributed by atoms with Crippen LogP contribution < -0.4 is 71.2 Å². The van der Waals surface area contributed by atoms with Crippen LogP contribution in [-0.4, -0.2) is 162 Å². The van der Waals surface area contributed by atoms with E-state index in [1.165, 1.54) is 11.9 Å². The van der Waals surface area contributed by atoms with Gasteiger partial charge in [-0.1, -0.05) is 149 Å². The Labute approximate surface area is 531 Å². The molecule has 0 spiro atoms. The van der Waals surface area contributed by atoms with Crippen LogP contribution in [0, 0.1) is 11.8 Å². The molecule has 19 N–H and O–H groups in total. The number of carboxylic acid groups (broad SMARTS) is 1. The second kappa shape index (κ2) is 36.3. The number of aliphatic carboxylic acids is 1. The number of guanidine groups is 2. The maximum atomic E-state index is 14.6. The Hall–Kier alpha value is -9.43. The molecule has 26 nitrogen and oxygen atoms in total. The maximum Gasteiger partial charge on any atom is 0.329 e. The summed E-state index contributed by atoms with van der Waals surface area (Å²) in [6.07, 6.45) is -0.235. The van der Waals surface area contributed by atoms with E-state index in [0.29, 0.717) is 5.56 Å². The number of benzene rings is 4. The first-order chi connectivity index (χ1) is 43.4. The summed E-state index contributed by atoms with van der Waals surface area (Å²) < 4.78 is 0. The van der Waals surface area contributed by atoms with Crippen molar-refractivity contribution < 1.29 is 48.3 Å². The molecule has 0 saturated carbocycles. The maximum absolute atomic E-state index is 14.6. The van der Waals surface area contributed by atoms with Crippen LogP contribution in [0.3, 0.4) is 0 Å². The van der Waals surface area contributed by atoms with E-state index >= 15 is 0 Å². The number of hydrogen-bond donors (Lipinski definition) is 14. The highest BCUT2D eigenvalue weighted by molar-refractivity contribution is 5.97. The highest BCUT2D eigenvalue weighted by atomic mass is 16.4. The summed E-state index contributed by atoms with van der Waals surface area (Å²) in [5, 5.41) is 33.1. The predicted octanol–water partition coefficient (Wildman–Crippen LogP) is -0.238. The zero-order valence-corrected chi connectivity index (χ0v) is 52.6. The van der Waals surface area contributed by atoms with E-state index in [1.807, 2.05) is 94.4 Å². The van der Waals surface area contributed by atoms with E-state index < -0.39 is 107 Å². The van der Waals surface area contributed by atoms with Crippen LogP contribution in [0.1, 0.15) is 88.5 Å². The summed E-state index contributed by atoms with van der Waals surface area (Å²) in [5.41, 5.74) is 31.0. The van der Waals surface area contributed by atoms with E-state index in [1.54, 1.807) is 54.6 Å². The van der Waals surface area contributed by atoms with Crippen LogP contribution in [0.4, 0.5) is 0 Å². The van der Waals surface area contributed by atoms with Gasteiger partial charge in [-0.15, -0.1) is 0 Å². The standard InChI is InChI=1S/C65H92N16O10/c1-40(2)34-50(78-58(86)52(38-44-22-14-8-15-23-44)76-54(82)46(66)36-42-18-10-6-11-19-42)56(84)74-48(26-31-73-64(70)71-5)60(88)80-65(62(90)91)28-32-81(33-29-65)61(89)49(27-30-72-63(68)69)75-57(85)51(35-41(3)4)79-59(87)53(39-45-24-16-9-17-25-45)77-55(83)47(67)37-43-20-12-7-13-21-43/h6-25,40-41,46-53H,26-39,66-67H2,1-5H3,(H,74,84)(H,75,85)(H,76,82)(H,77,83)(H,78,86)(H,79,87)(H,80,88)(H,90,91)(H4,68,69,72)(H3,70,71,73)/t46-,47-,48-,49-,50-,51-,52-,53-/m1/s1. The molecule has 8 atom stereocenters. The Balaban J connectivity index is 1.33. The van der Waals surface area contributed by atoms with Crippen molar-refractivity contribution in [1.29, 1.82) is 0 Å². The topological polar surface area (TPSA) is 428 Å². The van der Waals surface area contributed by atoms with E-state index in [-0.39, 0.29) is 114 Å². The van der Waals surface area contributed by atoms with Gasteiger partial charge in [0.15, 0.2) is 11.9 Å². The first-order valence-electron chi connectivity index (χ1n) is 30.7. The number of amides is 8. The third-order valence-electron chi connectivity index (χ3n) is 15.4. The minimum absolute atomic E-state index is 0.0197. The molecule has 0 bridgehead atoms. The monoisotopic (exact) mass is 1260 g/mol. The molecule has 1 aliphatic rings. The number of rotatable bonds is 34. The highest BCUT2D eigenvalue weighted by Crippen LogP contribution is 2.25. The number of carboxylic acids is 1. The van der Waals surface area contributed by atoms with Gasteiger partial charge in [-0.3, -0.25) is 48.3 Å². The minimum atomic E-state index is -1.98. The molecule has 91 heavy (non-hydrogen) atoms. The van der Waals surface area contributed by atoms with Crippen LogP contribution in [0.25, 0.3) is 0 Å². The Bertz CT molecular complexity index is 3090. The number of nitrogens with one attached hydrogen (secondary N) is 8. The molecule has 1 aliphatic heterocycles. The lowest BCUT2D eigenvalue weighted by Gasteiger charge is -2.41. The SMILES string of the molecule is CN=C(N)NCC[C@@H](NC(=O)[C@@H](CC(C)C)NC(=O)[C@@H](Cc1ccccc1)NC(=O)[C@H](N)Cc1ccccc1)C(=O)NC1(C(=O)O)CCN(C(=O)[C@@H](CCN=C(N)N)NC(=O)[C@@H](CC(C)C)NC(=O)[C@@H](Cc2ccccc2)NC(=O)[C@H](N)Cc2ccccc2)CC1. The summed E-state index contributed by atoms with van der Waals surface area (Å²) in [6.45, 7) is 6.73. The van der Waals surface area contributed by atoms with Crippen molar-refractivity contribution in [1.82, 2.24) is 47.4 Å². The number of carbonyl (C=O) groups is 9. The number of hydrogen-bond acceptors (Lipinski definition) is 13. The van der Waals surface area contributed by atoms with Gasteiger partial charge >= 0.3 is 5.97 Å². The second-order valence-corrected chi connectivity index (χ2v) is 23.7. The van der Waals surface area contributed by atoms with Crippen molar-refractivity contribution in [2.75, 3.05) is 33.2 Å². The molecule has 1 fully saturated rings. The van der Waals surface area contributed by atoms with E-state index in [2.05, 4.69) is 52.5 Å². The number of piperidine rings is 1. The van der Waals surface area contributed by atoms with Gasteiger partial charge in [0.1, 0.15) is 41.8 Å². The van der Waals surface area contributed by atoms with Crippen molar-refractivity contribution in [3.8, 4) is 0 Å². The van der Waals surface area contributed by atoms with Crippen molar-refractivity contribution in [2.45, 2.75) is 146 Å². The molecule has 0 aliphatic carbocycles. The van der Waals surface area contributed by atoms with Crippen molar-refractivity contribution in [2.24, 2.45) is 50.5 Å². The van der Waals surface area contributed by atoms with Gasteiger partial charge in [0, 0.05) is 46.1 Å². The van der Waals surface area contributed by atoms with Gasteiger partial charge in [-0.25, -0.2) is 4.79 Å². The molecule has 0 radical (unpaired) electrons. The van der Waals surface area contributed by atoms with Gasteiger partial charge in [0.05, 0.1) is 12.1 Å². The summed E-state index contributed by atoms with van der Waals surface area (Å²) >= 11 is 0. The molecule has 492 valence electrons. The second-order valence-electron chi connectivity index (χ2n) is 23.7. The molecule has 0 unspecified atom stereocenters. The van der Waals surface area contributed by atoms with E-state index in [4.69, 9.17) is 28.7 Å². The van der Waals surface area contributed by atoms with Gasteiger partial charge in [0.25, 0.3) is 0 Å². The number of carbonyl (C=O) groups excluding carboxylic acids is 8. The van der Waals surface area contributed by atoms with Gasteiger partial charge < -0.3 is 81.2 Å². The molecule has 0 aromatic heterocycles. The zero-order valence-electron chi connectivity index (χ0n) is 52.6. The van der Waals surface area contributed by atoms with E-state index in [9.17, 15) is 48.3 Å². The summed E-state index contributed by atoms with van der Waals surface area (Å²) in [6, 6.07) is 26.6. The average Bonchev–Trinajstić information content (AvgIpc) is 1.12. The fraction of sp³-hybridized carbons (Fsp3) is 0.462. The molecule has 1 saturated heterocycles. The van der Waals surface area contributed by atoms with Gasteiger partial charge in [-0.2, -0.15) is 0 Å². The average molecular weight is 1260 g/mol. The molecule has 4 aromatic rings.